The van der Waals surface area contributed by atoms with E-state index in [0.717, 1.165) is 5.56 Å². The van der Waals surface area contributed by atoms with Crippen molar-refractivity contribution in [2.45, 2.75) is 31.2 Å². The monoisotopic (exact) mass is 307 g/mol. The van der Waals surface area contributed by atoms with Crippen LogP contribution in [0.4, 0.5) is 0 Å². The molecule has 0 fully saturated rings. The average molecular weight is 307 g/mol. The lowest BCUT2D eigenvalue weighted by molar-refractivity contribution is 0.101. The molecule has 5 nitrogen and oxygen atoms in total. The van der Waals surface area contributed by atoms with Gasteiger partial charge in [0.2, 0.25) is 10.0 Å². The van der Waals surface area contributed by atoms with Crippen molar-refractivity contribution in [2.24, 2.45) is 0 Å². The minimum atomic E-state index is -3.60. The number of rotatable bonds is 6. The molecule has 0 aliphatic heterocycles. The number of carbonyl (C=O) groups excluding carboxylic acids is 1. The van der Waals surface area contributed by atoms with Gasteiger partial charge in [-0.05, 0) is 44.0 Å². The van der Waals surface area contributed by atoms with Crippen molar-refractivity contribution in [2.75, 3.05) is 0 Å². The summed E-state index contributed by atoms with van der Waals surface area (Å²) in [5.74, 6) is -0.0970. The predicted molar refractivity (Wildman–Crippen MR) is 78.6 cm³/mol. The van der Waals surface area contributed by atoms with Crippen molar-refractivity contribution in [3.05, 3.63) is 54.0 Å². The second-order valence-corrected chi connectivity index (χ2v) is 6.65. The number of hydrogen-bond acceptors (Lipinski definition) is 4. The highest BCUT2D eigenvalue weighted by atomic mass is 32.2. The van der Waals surface area contributed by atoms with Gasteiger partial charge >= 0.3 is 0 Å². The smallest absolute Gasteiger partial charge is 0.240 e. The normalized spacial score (nSPS) is 13.0. The van der Waals surface area contributed by atoms with E-state index in [1.54, 1.807) is 25.5 Å². The van der Waals surface area contributed by atoms with E-state index in [-0.39, 0.29) is 16.7 Å². The van der Waals surface area contributed by atoms with Crippen LogP contribution >= 0.6 is 0 Å². The lowest BCUT2D eigenvalue weighted by Crippen LogP contribution is -2.34. The van der Waals surface area contributed by atoms with Gasteiger partial charge in [0.25, 0.3) is 0 Å². The Labute approximate surface area is 124 Å². The van der Waals surface area contributed by atoms with Crippen molar-refractivity contribution in [1.29, 1.82) is 0 Å². The highest BCUT2D eigenvalue weighted by Gasteiger charge is 2.18. The van der Waals surface area contributed by atoms with E-state index in [1.165, 1.54) is 31.2 Å². The SMILES string of the molecule is CC(=O)c1ccc(S(=O)(=O)N[C@@H](C)Cc2ccoc2)cc1. The Balaban J connectivity index is 2.08. The Morgan fingerprint density at radius 1 is 1.24 bits per heavy atom. The third kappa shape index (κ3) is 4.03. The zero-order valence-corrected chi connectivity index (χ0v) is 12.7. The van der Waals surface area contributed by atoms with Gasteiger partial charge in [-0.3, -0.25) is 4.79 Å². The first-order valence-electron chi connectivity index (χ1n) is 6.53. The van der Waals surface area contributed by atoms with Crippen molar-refractivity contribution in [3.63, 3.8) is 0 Å². The van der Waals surface area contributed by atoms with Crippen LogP contribution < -0.4 is 4.72 Å². The molecular weight excluding hydrogens is 290 g/mol. The molecule has 1 heterocycles. The molecule has 6 heteroatoms. The molecule has 21 heavy (non-hydrogen) atoms. The molecule has 112 valence electrons. The standard InChI is InChI=1S/C15H17NO4S/c1-11(9-13-7-8-20-10-13)16-21(18,19)15-5-3-14(4-6-15)12(2)17/h3-8,10-11,16H,9H2,1-2H3/t11-/m0/s1. The summed E-state index contributed by atoms with van der Waals surface area (Å²) in [6.45, 7) is 3.23. The second-order valence-electron chi connectivity index (χ2n) is 4.94. The summed E-state index contributed by atoms with van der Waals surface area (Å²) in [6, 6.07) is 7.43. The van der Waals surface area contributed by atoms with Crippen LogP contribution in [0.15, 0.2) is 52.2 Å². The fourth-order valence-corrected chi connectivity index (χ4v) is 3.25. The maximum atomic E-state index is 12.2. The Kier molecular flexibility index (Phi) is 4.59. The van der Waals surface area contributed by atoms with Crippen LogP contribution in [0.3, 0.4) is 0 Å². The molecule has 0 saturated heterocycles. The number of benzene rings is 1. The van der Waals surface area contributed by atoms with Gasteiger partial charge < -0.3 is 4.42 Å². The molecular formula is C15H17NO4S. The molecule has 1 N–H and O–H groups in total. The van der Waals surface area contributed by atoms with Crippen LogP contribution in [-0.2, 0) is 16.4 Å². The van der Waals surface area contributed by atoms with Crippen LogP contribution in [0.1, 0.15) is 29.8 Å². The third-order valence-electron chi connectivity index (χ3n) is 3.05. The minimum Gasteiger partial charge on any atom is -0.472 e. The van der Waals surface area contributed by atoms with Gasteiger partial charge in [0, 0.05) is 11.6 Å². The quantitative estimate of drug-likeness (QED) is 0.831. The molecule has 0 aliphatic carbocycles. The molecule has 0 spiro atoms. The molecule has 0 amide bonds. The summed E-state index contributed by atoms with van der Waals surface area (Å²) in [5.41, 5.74) is 1.41. The second kappa shape index (κ2) is 6.24. The zero-order valence-electron chi connectivity index (χ0n) is 11.9. The van der Waals surface area contributed by atoms with Crippen molar-refractivity contribution in [3.8, 4) is 0 Å². The fraction of sp³-hybridized carbons (Fsp3) is 0.267. The molecule has 1 aromatic carbocycles. The largest absolute Gasteiger partial charge is 0.472 e. The van der Waals surface area contributed by atoms with Crippen LogP contribution in [0.5, 0.6) is 0 Å². The van der Waals surface area contributed by atoms with Crippen LogP contribution in [0.2, 0.25) is 0 Å². The number of sulfonamides is 1. The molecule has 0 bridgehead atoms. The minimum absolute atomic E-state index is 0.0970. The number of nitrogens with one attached hydrogen (secondary N) is 1. The summed E-state index contributed by atoms with van der Waals surface area (Å²) >= 11 is 0. The van der Waals surface area contributed by atoms with E-state index in [9.17, 15) is 13.2 Å². The van der Waals surface area contributed by atoms with Crippen LogP contribution in [-0.4, -0.2) is 20.2 Å². The number of carbonyl (C=O) groups is 1. The molecule has 0 radical (unpaired) electrons. The average Bonchev–Trinajstić information content (AvgIpc) is 2.90. The van der Waals surface area contributed by atoms with Crippen molar-refractivity contribution < 1.29 is 17.6 Å². The first kappa shape index (κ1) is 15.5. The van der Waals surface area contributed by atoms with Crippen molar-refractivity contribution >= 4 is 15.8 Å². The first-order chi connectivity index (χ1) is 9.88. The van der Waals surface area contributed by atoms with Gasteiger partial charge in [-0.2, -0.15) is 0 Å². The molecule has 0 saturated carbocycles. The Morgan fingerprint density at radius 3 is 2.43 bits per heavy atom. The van der Waals surface area contributed by atoms with Crippen molar-refractivity contribution in [1.82, 2.24) is 4.72 Å². The van der Waals surface area contributed by atoms with E-state index in [4.69, 9.17) is 4.42 Å². The van der Waals surface area contributed by atoms with Gasteiger partial charge in [0.05, 0.1) is 17.4 Å². The summed E-state index contributed by atoms with van der Waals surface area (Å²) in [4.78, 5) is 11.3. The zero-order chi connectivity index (χ0) is 15.5. The summed E-state index contributed by atoms with van der Waals surface area (Å²) in [7, 11) is -3.60. The lowest BCUT2D eigenvalue weighted by atomic mass is 10.1. The van der Waals surface area contributed by atoms with E-state index < -0.39 is 10.0 Å². The van der Waals surface area contributed by atoms with Gasteiger partial charge in [-0.15, -0.1) is 0 Å². The predicted octanol–water partition coefficient (Wildman–Crippen LogP) is 2.39. The highest BCUT2D eigenvalue weighted by molar-refractivity contribution is 7.89. The molecule has 2 aromatic rings. The first-order valence-corrected chi connectivity index (χ1v) is 8.01. The summed E-state index contributed by atoms with van der Waals surface area (Å²) < 4.78 is 32.0. The molecule has 0 aliphatic rings. The maximum Gasteiger partial charge on any atom is 0.240 e. The Morgan fingerprint density at radius 2 is 1.90 bits per heavy atom. The number of hydrogen-bond donors (Lipinski definition) is 1. The third-order valence-corrected chi connectivity index (χ3v) is 4.65. The summed E-state index contributed by atoms with van der Waals surface area (Å²) in [6.07, 6.45) is 3.69. The van der Waals surface area contributed by atoms with E-state index in [1.807, 2.05) is 0 Å². The van der Waals surface area contributed by atoms with E-state index in [0.29, 0.717) is 12.0 Å². The number of ketones is 1. The van der Waals surface area contributed by atoms with E-state index in [2.05, 4.69) is 4.72 Å². The van der Waals surface area contributed by atoms with Gasteiger partial charge in [-0.25, -0.2) is 13.1 Å². The molecule has 0 unspecified atom stereocenters. The summed E-state index contributed by atoms with van der Waals surface area (Å²) in [5, 5.41) is 0. The van der Waals surface area contributed by atoms with Gasteiger partial charge in [-0.1, -0.05) is 12.1 Å². The lowest BCUT2D eigenvalue weighted by Gasteiger charge is -2.13. The van der Waals surface area contributed by atoms with Crippen LogP contribution in [0, 0.1) is 0 Å². The topological polar surface area (TPSA) is 76.4 Å². The van der Waals surface area contributed by atoms with Crippen LogP contribution in [0.25, 0.3) is 0 Å². The molecule has 1 atom stereocenters. The Bertz CT molecular complexity index is 703. The molecule has 2 rings (SSSR count). The Hall–Kier alpha value is -1.92. The van der Waals surface area contributed by atoms with Gasteiger partial charge in [0.15, 0.2) is 5.78 Å². The molecule has 1 aromatic heterocycles. The highest BCUT2D eigenvalue weighted by Crippen LogP contribution is 2.13. The number of Topliss-reactive ketones (excluding diaryl/α,β-unsaturated/α-hetero) is 1. The van der Waals surface area contributed by atoms with E-state index >= 15 is 0 Å². The van der Waals surface area contributed by atoms with Gasteiger partial charge in [0.1, 0.15) is 0 Å². The number of furan rings is 1. The fourth-order valence-electron chi connectivity index (χ4n) is 2.01. The maximum absolute atomic E-state index is 12.2.